The zero-order chi connectivity index (χ0) is 21.5. The van der Waals surface area contributed by atoms with Crippen LogP contribution in [0.3, 0.4) is 0 Å². The molecule has 2 aliphatic heterocycles. The van der Waals surface area contributed by atoms with Crippen molar-refractivity contribution in [3.05, 3.63) is 65.1 Å². The summed E-state index contributed by atoms with van der Waals surface area (Å²) in [5.74, 6) is -0.272. The lowest BCUT2D eigenvalue weighted by Crippen LogP contribution is -3.14. The molecule has 0 radical (unpaired) electrons. The first-order chi connectivity index (χ1) is 15.2. The number of hydrogen-bond acceptors (Lipinski definition) is 4. The third kappa shape index (κ3) is 5.76. The molecule has 0 spiro atoms. The van der Waals surface area contributed by atoms with E-state index in [-0.39, 0.29) is 18.4 Å². The predicted molar refractivity (Wildman–Crippen MR) is 123 cm³/mol. The SMILES string of the molecule is O=C(CN1C(=O)C(=Cc2ccccc2)Sc2ccccc21)NCCC[NH+]1CCOCC1. The highest BCUT2D eigenvalue weighted by Crippen LogP contribution is 2.41. The van der Waals surface area contributed by atoms with Crippen molar-refractivity contribution in [2.24, 2.45) is 0 Å². The Bertz CT molecular complexity index is 942. The molecule has 0 aromatic heterocycles. The normalized spacial score (nSPS) is 18.1. The van der Waals surface area contributed by atoms with Crippen LogP contribution in [0.25, 0.3) is 6.08 Å². The van der Waals surface area contributed by atoms with Crippen LogP contribution in [0.1, 0.15) is 12.0 Å². The molecule has 0 bridgehead atoms. The molecule has 2 aromatic rings. The zero-order valence-corrected chi connectivity index (χ0v) is 18.3. The fourth-order valence-electron chi connectivity index (χ4n) is 3.80. The number of fused-ring (bicyclic) bond motifs is 1. The molecule has 1 fully saturated rings. The van der Waals surface area contributed by atoms with Crippen LogP contribution in [-0.4, -0.2) is 57.8 Å². The maximum Gasteiger partial charge on any atom is 0.265 e. The summed E-state index contributed by atoms with van der Waals surface area (Å²) < 4.78 is 5.38. The summed E-state index contributed by atoms with van der Waals surface area (Å²) in [6, 6.07) is 17.5. The molecule has 31 heavy (non-hydrogen) atoms. The number of ether oxygens (including phenoxy) is 1. The summed E-state index contributed by atoms with van der Waals surface area (Å²) in [6.45, 7) is 5.35. The number of nitrogens with one attached hydrogen (secondary N) is 2. The van der Waals surface area contributed by atoms with E-state index in [1.165, 1.54) is 16.7 Å². The van der Waals surface area contributed by atoms with Crippen LogP contribution < -0.4 is 15.1 Å². The standard InChI is InChI=1S/C24H27N3O3S/c28-23(25-11-6-12-26-13-15-30-16-14-26)18-27-20-9-4-5-10-21(20)31-22(24(27)29)17-19-7-2-1-3-8-19/h1-5,7-10,17H,6,11-16,18H2,(H,25,28)/p+1. The first-order valence-corrected chi connectivity index (χ1v) is 11.6. The molecule has 2 amide bonds. The Balaban J connectivity index is 1.39. The smallest absolute Gasteiger partial charge is 0.265 e. The minimum Gasteiger partial charge on any atom is -0.370 e. The lowest BCUT2D eigenvalue weighted by molar-refractivity contribution is -0.908. The largest absolute Gasteiger partial charge is 0.370 e. The number of rotatable bonds is 7. The average molecular weight is 439 g/mol. The topological polar surface area (TPSA) is 63.1 Å². The Morgan fingerprint density at radius 1 is 1.10 bits per heavy atom. The van der Waals surface area contributed by atoms with Gasteiger partial charge in [-0.15, -0.1) is 0 Å². The van der Waals surface area contributed by atoms with Crippen LogP contribution in [0.15, 0.2) is 64.4 Å². The van der Waals surface area contributed by atoms with Crippen molar-refractivity contribution in [3.63, 3.8) is 0 Å². The summed E-state index contributed by atoms with van der Waals surface area (Å²) in [6.07, 6.45) is 2.81. The Labute approximate surface area is 187 Å². The van der Waals surface area contributed by atoms with Crippen LogP contribution in [0.4, 0.5) is 5.69 Å². The minimum absolute atomic E-state index is 0.0208. The number of hydrogen-bond donors (Lipinski definition) is 2. The van der Waals surface area contributed by atoms with Gasteiger partial charge in [-0.1, -0.05) is 54.2 Å². The summed E-state index contributed by atoms with van der Waals surface area (Å²) >= 11 is 1.45. The third-order valence-corrected chi connectivity index (χ3v) is 6.54. The van der Waals surface area contributed by atoms with Gasteiger partial charge in [-0.25, -0.2) is 0 Å². The van der Waals surface area contributed by atoms with E-state index in [2.05, 4.69) is 5.32 Å². The second-order valence-corrected chi connectivity index (χ2v) is 8.78. The first-order valence-electron chi connectivity index (χ1n) is 10.7. The van der Waals surface area contributed by atoms with Gasteiger partial charge in [0.05, 0.1) is 30.4 Å². The molecule has 2 aliphatic rings. The first kappa shape index (κ1) is 21.6. The van der Waals surface area contributed by atoms with Gasteiger partial charge in [0, 0.05) is 17.9 Å². The number of para-hydroxylation sites is 1. The third-order valence-electron chi connectivity index (χ3n) is 5.46. The van der Waals surface area contributed by atoms with Crippen molar-refractivity contribution >= 4 is 35.3 Å². The number of amides is 2. The summed E-state index contributed by atoms with van der Waals surface area (Å²) in [5.41, 5.74) is 1.75. The Kier molecular flexibility index (Phi) is 7.40. The summed E-state index contributed by atoms with van der Waals surface area (Å²) in [4.78, 5) is 30.5. The Morgan fingerprint density at radius 2 is 1.84 bits per heavy atom. The minimum atomic E-state index is -0.138. The van der Waals surface area contributed by atoms with Crippen LogP contribution >= 0.6 is 11.8 Å². The van der Waals surface area contributed by atoms with Crippen molar-refractivity contribution < 1.29 is 19.2 Å². The van der Waals surface area contributed by atoms with Crippen molar-refractivity contribution in [1.29, 1.82) is 0 Å². The molecule has 162 valence electrons. The number of carbonyl (C=O) groups excluding carboxylic acids is 2. The summed E-state index contributed by atoms with van der Waals surface area (Å²) in [5, 5.41) is 2.98. The van der Waals surface area contributed by atoms with Gasteiger partial charge in [0.2, 0.25) is 5.91 Å². The van der Waals surface area contributed by atoms with Gasteiger partial charge in [-0.05, 0) is 23.8 Å². The van der Waals surface area contributed by atoms with Crippen molar-refractivity contribution in [3.8, 4) is 0 Å². The fourth-order valence-corrected chi connectivity index (χ4v) is 4.85. The van der Waals surface area contributed by atoms with Crippen molar-refractivity contribution in [2.45, 2.75) is 11.3 Å². The van der Waals surface area contributed by atoms with Crippen molar-refractivity contribution in [1.82, 2.24) is 5.32 Å². The highest BCUT2D eigenvalue weighted by Gasteiger charge is 2.30. The molecular formula is C24H28N3O3S+. The van der Waals surface area contributed by atoms with E-state index in [1.807, 2.05) is 60.7 Å². The number of quaternary nitrogens is 1. The second-order valence-electron chi connectivity index (χ2n) is 7.70. The van der Waals surface area contributed by atoms with Gasteiger partial charge < -0.3 is 15.0 Å². The van der Waals surface area contributed by atoms with Gasteiger partial charge in [0.15, 0.2) is 0 Å². The van der Waals surface area contributed by atoms with E-state index in [1.54, 1.807) is 4.90 Å². The van der Waals surface area contributed by atoms with Crippen LogP contribution in [0.2, 0.25) is 0 Å². The lowest BCUT2D eigenvalue weighted by Gasteiger charge is -2.30. The van der Waals surface area contributed by atoms with Crippen LogP contribution in [0.5, 0.6) is 0 Å². The Morgan fingerprint density at radius 3 is 2.65 bits per heavy atom. The molecule has 2 aromatic carbocycles. The van der Waals surface area contributed by atoms with E-state index < -0.39 is 0 Å². The predicted octanol–water partition coefficient (Wildman–Crippen LogP) is 1.59. The number of anilines is 1. The number of benzene rings is 2. The molecule has 1 saturated heterocycles. The van der Waals surface area contributed by atoms with E-state index in [0.29, 0.717) is 11.4 Å². The van der Waals surface area contributed by atoms with Crippen LogP contribution in [0, 0.1) is 0 Å². The quantitative estimate of drug-likeness (QED) is 0.509. The highest BCUT2D eigenvalue weighted by atomic mass is 32.2. The van der Waals surface area contributed by atoms with E-state index in [9.17, 15) is 9.59 Å². The van der Waals surface area contributed by atoms with Crippen LogP contribution in [-0.2, 0) is 14.3 Å². The number of morpholine rings is 1. The van der Waals surface area contributed by atoms with Gasteiger partial charge in [-0.3, -0.25) is 14.5 Å². The van der Waals surface area contributed by atoms with Gasteiger partial charge in [0.25, 0.3) is 5.91 Å². The molecule has 0 aliphatic carbocycles. The average Bonchev–Trinajstić information content (AvgIpc) is 2.81. The maximum atomic E-state index is 13.2. The van der Waals surface area contributed by atoms with Gasteiger partial charge in [-0.2, -0.15) is 0 Å². The molecule has 2 heterocycles. The molecule has 0 atom stereocenters. The molecule has 2 N–H and O–H groups in total. The number of carbonyl (C=O) groups is 2. The highest BCUT2D eigenvalue weighted by molar-refractivity contribution is 8.04. The maximum absolute atomic E-state index is 13.2. The molecule has 7 heteroatoms. The number of nitrogens with zero attached hydrogens (tertiary/aromatic N) is 1. The van der Waals surface area contributed by atoms with Gasteiger partial charge >= 0.3 is 0 Å². The molecule has 0 saturated carbocycles. The van der Waals surface area contributed by atoms with Crippen molar-refractivity contribution in [2.75, 3.05) is 50.8 Å². The molecule has 4 rings (SSSR count). The molecular weight excluding hydrogens is 410 g/mol. The summed E-state index contributed by atoms with van der Waals surface area (Å²) in [7, 11) is 0. The van der Waals surface area contributed by atoms with E-state index in [0.717, 1.165) is 55.4 Å². The molecule has 0 unspecified atom stereocenters. The lowest BCUT2D eigenvalue weighted by atomic mass is 10.2. The van der Waals surface area contributed by atoms with E-state index in [4.69, 9.17) is 4.74 Å². The second kappa shape index (κ2) is 10.6. The number of thioether (sulfide) groups is 1. The van der Waals surface area contributed by atoms with Gasteiger partial charge in [0.1, 0.15) is 19.6 Å². The Hall–Kier alpha value is -2.61. The monoisotopic (exact) mass is 438 g/mol. The molecule has 6 nitrogen and oxygen atoms in total. The fraction of sp³-hybridized carbons (Fsp3) is 0.333. The van der Waals surface area contributed by atoms with E-state index >= 15 is 0 Å². The zero-order valence-electron chi connectivity index (χ0n) is 17.5.